The molecular weight excluding hydrogens is 324 g/mol. The molecule has 0 unspecified atom stereocenters. The van der Waals surface area contributed by atoms with Gasteiger partial charge >= 0.3 is 0 Å². The summed E-state index contributed by atoms with van der Waals surface area (Å²) >= 11 is 6.05. The second-order valence-electron chi connectivity index (χ2n) is 6.09. The molecule has 0 radical (unpaired) electrons. The van der Waals surface area contributed by atoms with Gasteiger partial charge in [0.1, 0.15) is 6.10 Å². The molecule has 5 heteroatoms. The van der Waals surface area contributed by atoms with Gasteiger partial charge in [0.15, 0.2) is 0 Å². The van der Waals surface area contributed by atoms with Gasteiger partial charge in [0, 0.05) is 17.3 Å². The molecule has 1 fully saturated rings. The van der Waals surface area contributed by atoms with Crippen molar-refractivity contribution in [2.45, 2.75) is 32.0 Å². The maximum Gasteiger partial charge on any atom is 0.253 e. The topological polar surface area (TPSA) is 64.4 Å². The van der Waals surface area contributed by atoms with Crippen LogP contribution in [0.5, 0.6) is 0 Å². The zero-order valence-electron chi connectivity index (χ0n) is 13.6. The fourth-order valence-electron chi connectivity index (χ4n) is 2.94. The standard InChI is InChI=1S/C19H21ClN2O2/c1-12-9-14(13-3-2-4-15(20)10-13)5-7-17(12)22-19(23)18-8-6-16(11-21)24-18/h2-5,7,9-10,16,18H,6,8,11,21H2,1H3,(H,22,23)/t16-,18+/m1/s1. The van der Waals surface area contributed by atoms with E-state index in [1.54, 1.807) is 0 Å². The molecule has 24 heavy (non-hydrogen) atoms. The zero-order valence-corrected chi connectivity index (χ0v) is 14.3. The summed E-state index contributed by atoms with van der Waals surface area (Å²) in [5.41, 5.74) is 9.49. The molecule has 1 aliphatic rings. The third-order valence-electron chi connectivity index (χ3n) is 4.31. The van der Waals surface area contributed by atoms with Crippen molar-refractivity contribution in [3.8, 4) is 11.1 Å². The van der Waals surface area contributed by atoms with Crippen molar-refractivity contribution in [3.63, 3.8) is 0 Å². The highest BCUT2D eigenvalue weighted by Gasteiger charge is 2.30. The number of rotatable bonds is 4. The molecule has 0 saturated carbocycles. The molecule has 3 N–H and O–H groups in total. The minimum Gasteiger partial charge on any atom is -0.364 e. The molecule has 2 aromatic carbocycles. The number of nitrogens with one attached hydrogen (secondary N) is 1. The number of anilines is 1. The van der Waals surface area contributed by atoms with E-state index in [4.69, 9.17) is 22.1 Å². The number of carbonyl (C=O) groups excluding carboxylic acids is 1. The molecule has 1 saturated heterocycles. The Morgan fingerprint density at radius 1 is 1.25 bits per heavy atom. The molecule has 0 spiro atoms. The molecule has 0 aliphatic carbocycles. The molecule has 0 bridgehead atoms. The second-order valence-corrected chi connectivity index (χ2v) is 6.53. The van der Waals surface area contributed by atoms with Crippen LogP contribution in [0.3, 0.4) is 0 Å². The predicted octanol–water partition coefficient (Wildman–Crippen LogP) is 3.76. The van der Waals surface area contributed by atoms with Gasteiger partial charge < -0.3 is 15.8 Å². The number of hydrogen-bond donors (Lipinski definition) is 2. The van der Waals surface area contributed by atoms with Crippen LogP contribution >= 0.6 is 11.6 Å². The summed E-state index contributed by atoms with van der Waals surface area (Å²) in [6.45, 7) is 2.43. The fourth-order valence-corrected chi connectivity index (χ4v) is 3.13. The molecule has 4 nitrogen and oxygen atoms in total. The first kappa shape index (κ1) is 17.0. The van der Waals surface area contributed by atoms with Crippen molar-refractivity contribution in [1.82, 2.24) is 0 Å². The number of amides is 1. The summed E-state index contributed by atoms with van der Waals surface area (Å²) < 4.78 is 5.64. The van der Waals surface area contributed by atoms with Gasteiger partial charge in [-0.15, -0.1) is 0 Å². The van der Waals surface area contributed by atoms with Crippen LogP contribution in [0.1, 0.15) is 18.4 Å². The Balaban J connectivity index is 1.72. The van der Waals surface area contributed by atoms with Crippen molar-refractivity contribution in [1.29, 1.82) is 0 Å². The number of ether oxygens (including phenoxy) is 1. The van der Waals surface area contributed by atoms with Crippen LogP contribution in [-0.2, 0) is 9.53 Å². The summed E-state index contributed by atoms with van der Waals surface area (Å²) in [7, 11) is 0. The van der Waals surface area contributed by atoms with E-state index in [0.29, 0.717) is 18.0 Å². The average molecular weight is 345 g/mol. The van der Waals surface area contributed by atoms with Crippen LogP contribution in [0.25, 0.3) is 11.1 Å². The van der Waals surface area contributed by atoms with Crippen molar-refractivity contribution in [2.24, 2.45) is 5.73 Å². The van der Waals surface area contributed by atoms with E-state index < -0.39 is 6.10 Å². The van der Waals surface area contributed by atoms with Crippen LogP contribution < -0.4 is 11.1 Å². The Labute approximate surface area is 147 Å². The van der Waals surface area contributed by atoms with Crippen LogP contribution in [-0.4, -0.2) is 24.7 Å². The second kappa shape index (κ2) is 7.34. The van der Waals surface area contributed by atoms with E-state index in [9.17, 15) is 4.79 Å². The first-order valence-electron chi connectivity index (χ1n) is 8.10. The first-order chi connectivity index (χ1) is 11.6. The maximum absolute atomic E-state index is 12.3. The minimum absolute atomic E-state index is 0.00736. The predicted molar refractivity (Wildman–Crippen MR) is 97.2 cm³/mol. The van der Waals surface area contributed by atoms with E-state index in [1.165, 1.54) is 0 Å². The van der Waals surface area contributed by atoms with E-state index in [2.05, 4.69) is 5.32 Å². The molecule has 1 amide bonds. The molecule has 2 atom stereocenters. The lowest BCUT2D eigenvalue weighted by atomic mass is 10.0. The number of carbonyl (C=O) groups is 1. The highest BCUT2D eigenvalue weighted by molar-refractivity contribution is 6.30. The van der Waals surface area contributed by atoms with Gasteiger partial charge in [-0.05, 0) is 60.7 Å². The van der Waals surface area contributed by atoms with Gasteiger partial charge in [-0.2, -0.15) is 0 Å². The lowest BCUT2D eigenvalue weighted by Gasteiger charge is -2.15. The summed E-state index contributed by atoms with van der Waals surface area (Å²) in [4.78, 5) is 12.3. The lowest BCUT2D eigenvalue weighted by Crippen LogP contribution is -2.30. The first-order valence-corrected chi connectivity index (χ1v) is 8.47. The molecule has 0 aromatic heterocycles. The number of halogens is 1. The van der Waals surface area contributed by atoms with Gasteiger partial charge in [-0.25, -0.2) is 0 Å². The van der Waals surface area contributed by atoms with Gasteiger partial charge in [-0.1, -0.05) is 29.8 Å². The molecule has 1 aliphatic heterocycles. The highest BCUT2D eigenvalue weighted by atomic mass is 35.5. The molecule has 3 rings (SSSR count). The van der Waals surface area contributed by atoms with E-state index in [1.807, 2.05) is 49.4 Å². The Morgan fingerprint density at radius 2 is 2.04 bits per heavy atom. The zero-order chi connectivity index (χ0) is 17.1. The van der Waals surface area contributed by atoms with E-state index >= 15 is 0 Å². The Morgan fingerprint density at radius 3 is 2.71 bits per heavy atom. The maximum atomic E-state index is 12.3. The molecular formula is C19H21ClN2O2. The molecule has 126 valence electrons. The van der Waals surface area contributed by atoms with Gasteiger partial charge in [0.05, 0.1) is 6.10 Å². The van der Waals surface area contributed by atoms with Crippen LogP contribution in [0.15, 0.2) is 42.5 Å². The highest BCUT2D eigenvalue weighted by Crippen LogP contribution is 2.27. The number of hydrogen-bond acceptors (Lipinski definition) is 3. The smallest absolute Gasteiger partial charge is 0.253 e. The van der Waals surface area contributed by atoms with Gasteiger partial charge in [0.2, 0.25) is 0 Å². The minimum atomic E-state index is -0.412. The quantitative estimate of drug-likeness (QED) is 0.887. The number of aryl methyl sites for hydroxylation is 1. The van der Waals surface area contributed by atoms with E-state index in [-0.39, 0.29) is 12.0 Å². The van der Waals surface area contributed by atoms with Crippen LogP contribution in [0.4, 0.5) is 5.69 Å². The third-order valence-corrected chi connectivity index (χ3v) is 4.54. The van der Waals surface area contributed by atoms with Crippen molar-refractivity contribution in [3.05, 3.63) is 53.1 Å². The largest absolute Gasteiger partial charge is 0.364 e. The fraction of sp³-hybridized carbons (Fsp3) is 0.316. The molecule has 2 aromatic rings. The summed E-state index contributed by atoms with van der Waals surface area (Å²) in [6, 6.07) is 13.6. The van der Waals surface area contributed by atoms with Crippen molar-refractivity contribution in [2.75, 3.05) is 11.9 Å². The van der Waals surface area contributed by atoms with Crippen LogP contribution in [0.2, 0.25) is 5.02 Å². The van der Waals surface area contributed by atoms with Crippen molar-refractivity contribution >= 4 is 23.2 Å². The Hall–Kier alpha value is -1.88. The van der Waals surface area contributed by atoms with Crippen LogP contribution in [0, 0.1) is 6.92 Å². The summed E-state index contributed by atoms with van der Waals surface area (Å²) in [6.07, 6.45) is 1.13. The lowest BCUT2D eigenvalue weighted by molar-refractivity contribution is -0.126. The Bertz CT molecular complexity index is 748. The average Bonchev–Trinajstić information content (AvgIpc) is 3.06. The number of nitrogens with two attached hydrogens (primary N) is 1. The SMILES string of the molecule is Cc1cc(-c2cccc(Cl)c2)ccc1NC(=O)[C@@H]1CC[C@H](CN)O1. The van der Waals surface area contributed by atoms with Gasteiger partial charge in [0.25, 0.3) is 5.91 Å². The Kier molecular flexibility index (Phi) is 5.19. The summed E-state index contributed by atoms with van der Waals surface area (Å²) in [5.74, 6) is -0.107. The number of benzene rings is 2. The van der Waals surface area contributed by atoms with Gasteiger partial charge in [-0.3, -0.25) is 4.79 Å². The molecule has 1 heterocycles. The van der Waals surface area contributed by atoms with Crippen molar-refractivity contribution < 1.29 is 9.53 Å². The normalized spacial score (nSPS) is 20.1. The monoisotopic (exact) mass is 344 g/mol. The summed E-state index contributed by atoms with van der Waals surface area (Å²) in [5, 5.41) is 3.66. The third kappa shape index (κ3) is 3.78. The van der Waals surface area contributed by atoms with E-state index in [0.717, 1.165) is 28.8 Å².